The largest absolute Gasteiger partial charge is 0.444 e. The average molecular weight is 453 g/mol. The van der Waals surface area contributed by atoms with Gasteiger partial charge >= 0.3 is 12.3 Å². The van der Waals surface area contributed by atoms with Crippen molar-refractivity contribution in [3.63, 3.8) is 0 Å². The third-order valence-corrected chi connectivity index (χ3v) is 4.89. The Morgan fingerprint density at radius 3 is 2.48 bits per heavy atom. The van der Waals surface area contributed by atoms with Crippen LogP contribution in [0.3, 0.4) is 0 Å². The molecule has 0 fully saturated rings. The first-order chi connectivity index (χ1) is 15.8. The van der Waals surface area contributed by atoms with Gasteiger partial charge in [0.1, 0.15) is 6.61 Å². The highest BCUT2D eigenvalue weighted by molar-refractivity contribution is 5.89. The monoisotopic (exact) mass is 453 g/mol. The van der Waals surface area contributed by atoms with Crippen molar-refractivity contribution in [3.05, 3.63) is 106 Å². The fourth-order valence-electron chi connectivity index (χ4n) is 3.27. The topological polar surface area (TPSA) is 73.2 Å². The van der Waals surface area contributed by atoms with E-state index in [-0.39, 0.29) is 18.5 Å². The number of nitrogens with one attached hydrogen (secondary N) is 1. The number of aromatic nitrogens is 2. The molecule has 0 aliphatic heterocycles. The molecule has 6 nitrogen and oxygen atoms in total. The molecule has 0 saturated heterocycles. The Morgan fingerprint density at radius 2 is 1.73 bits per heavy atom. The number of ether oxygens (including phenoxy) is 1. The lowest BCUT2D eigenvalue weighted by Gasteiger charge is -2.11. The van der Waals surface area contributed by atoms with Crippen LogP contribution in [0.4, 0.5) is 23.7 Å². The molecule has 1 N–H and O–H groups in total. The number of hydrogen-bond acceptors (Lipinski definition) is 4. The summed E-state index contributed by atoms with van der Waals surface area (Å²) in [5.41, 5.74) is 0.625. The van der Waals surface area contributed by atoms with E-state index in [0.717, 1.165) is 17.7 Å². The zero-order valence-corrected chi connectivity index (χ0v) is 17.2. The number of hydrogen-bond donors (Lipinski definition) is 1. The third kappa shape index (κ3) is 5.38. The van der Waals surface area contributed by atoms with Crippen molar-refractivity contribution >= 4 is 22.7 Å². The zero-order chi connectivity index (χ0) is 23.4. The van der Waals surface area contributed by atoms with E-state index in [1.165, 1.54) is 29.1 Å². The number of carbonyl (C=O) groups excluding carboxylic acids is 1. The molecule has 0 radical (unpaired) electrons. The van der Waals surface area contributed by atoms with Crippen molar-refractivity contribution in [1.82, 2.24) is 9.55 Å². The maximum absolute atomic E-state index is 13.0. The van der Waals surface area contributed by atoms with E-state index in [1.54, 1.807) is 12.1 Å². The molecule has 3 aromatic carbocycles. The van der Waals surface area contributed by atoms with Gasteiger partial charge < -0.3 is 4.74 Å². The van der Waals surface area contributed by atoms with E-state index in [0.29, 0.717) is 16.8 Å². The van der Waals surface area contributed by atoms with Crippen LogP contribution in [0.2, 0.25) is 0 Å². The lowest BCUT2D eigenvalue weighted by molar-refractivity contribution is -0.137. The van der Waals surface area contributed by atoms with Crippen molar-refractivity contribution in [3.8, 4) is 0 Å². The minimum Gasteiger partial charge on any atom is -0.444 e. The summed E-state index contributed by atoms with van der Waals surface area (Å²) in [6.07, 6.45) is -3.88. The SMILES string of the molecule is O=C(Nc1ccc2ncn(Cc3cccc(C(F)(F)F)c3)c(=O)c2c1)OCc1ccccc1. The lowest BCUT2D eigenvalue weighted by atomic mass is 10.1. The zero-order valence-electron chi connectivity index (χ0n) is 17.2. The molecule has 0 unspecified atom stereocenters. The summed E-state index contributed by atoms with van der Waals surface area (Å²) < 4.78 is 45.3. The van der Waals surface area contributed by atoms with Crippen LogP contribution in [0.1, 0.15) is 16.7 Å². The Bertz CT molecular complexity index is 1350. The minimum atomic E-state index is -4.47. The molecule has 1 aromatic heterocycles. The fraction of sp³-hybridized carbons (Fsp3) is 0.125. The smallest absolute Gasteiger partial charge is 0.416 e. The molecule has 0 aliphatic carbocycles. The van der Waals surface area contributed by atoms with Gasteiger partial charge in [0.05, 0.1) is 29.3 Å². The third-order valence-electron chi connectivity index (χ3n) is 4.89. The second kappa shape index (κ2) is 9.15. The van der Waals surface area contributed by atoms with Gasteiger partial charge in [-0.05, 0) is 41.5 Å². The van der Waals surface area contributed by atoms with Crippen LogP contribution in [0.25, 0.3) is 10.9 Å². The molecule has 4 rings (SSSR count). The van der Waals surface area contributed by atoms with Gasteiger partial charge in [0, 0.05) is 5.69 Å². The molecular weight excluding hydrogens is 435 g/mol. The van der Waals surface area contributed by atoms with E-state index >= 15 is 0 Å². The van der Waals surface area contributed by atoms with Gasteiger partial charge in [-0.2, -0.15) is 13.2 Å². The summed E-state index contributed by atoms with van der Waals surface area (Å²) in [4.78, 5) is 29.2. The van der Waals surface area contributed by atoms with Crippen LogP contribution in [-0.4, -0.2) is 15.6 Å². The van der Waals surface area contributed by atoms with Crippen LogP contribution in [-0.2, 0) is 24.1 Å². The number of fused-ring (bicyclic) bond motifs is 1. The summed E-state index contributed by atoms with van der Waals surface area (Å²) in [5, 5.41) is 2.78. The van der Waals surface area contributed by atoms with Gasteiger partial charge in [-0.15, -0.1) is 0 Å². The molecule has 33 heavy (non-hydrogen) atoms. The van der Waals surface area contributed by atoms with Crippen LogP contribution < -0.4 is 10.9 Å². The number of rotatable bonds is 5. The predicted molar refractivity (Wildman–Crippen MR) is 117 cm³/mol. The number of halogens is 3. The van der Waals surface area contributed by atoms with E-state index < -0.39 is 23.4 Å². The summed E-state index contributed by atoms with van der Waals surface area (Å²) >= 11 is 0. The van der Waals surface area contributed by atoms with Crippen LogP contribution in [0.15, 0.2) is 83.9 Å². The fourth-order valence-corrected chi connectivity index (χ4v) is 3.27. The molecular formula is C24H18F3N3O3. The highest BCUT2D eigenvalue weighted by atomic mass is 19.4. The van der Waals surface area contributed by atoms with E-state index in [9.17, 15) is 22.8 Å². The number of anilines is 1. The molecule has 0 atom stereocenters. The Kier molecular flexibility index (Phi) is 6.12. The van der Waals surface area contributed by atoms with Gasteiger partial charge in [0.15, 0.2) is 0 Å². The molecule has 4 aromatic rings. The van der Waals surface area contributed by atoms with E-state index in [1.807, 2.05) is 30.3 Å². The Morgan fingerprint density at radius 1 is 0.970 bits per heavy atom. The maximum atomic E-state index is 13.0. The minimum absolute atomic E-state index is 0.0809. The first-order valence-corrected chi connectivity index (χ1v) is 9.93. The molecule has 0 aliphatic rings. The second-order valence-corrected chi connectivity index (χ2v) is 7.29. The Labute approximate surface area is 186 Å². The molecule has 0 bridgehead atoms. The predicted octanol–water partition coefficient (Wildman–Crippen LogP) is 5.21. The molecule has 168 valence electrons. The summed E-state index contributed by atoms with van der Waals surface area (Å²) in [7, 11) is 0. The van der Waals surface area contributed by atoms with E-state index in [4.69, 9.17) is 4.74 Å². The van der Waals surface area contributed by atoms with Crippen LogP contribution >= 0.6 is 0 Å². The highest BCUT2D eigenvalue weighted by Gasteiger charge is 2.30. The molecule has 0 spiro atoms. The molecule has 1 heterocycles. The number of carbonyl (C=O) groups is 1. The van der Waals surface area contributed by atoms with Gasteiger partial charge in [-0.25, -0.2) is 9.78 Å². The van der Waals surface area contributed by atoms with Crippen molar-refractivity contribution in [2.45, 2.75) is 19.3 Å². The van der Waals surface area contributed by atoms with Crippen molar-refractivity contribution in [1.29, 1.82) is 0 Å². The number of amides is 1. The van der Waals surface area contributed by atoms with E-state index in [2.05, 4.69) is 10.3 Å². The summed E-state index contributed by atoms with van der Waals surface area (Å²) in [6.45, 7) is 0.00801. The lowest BCUT2D eigenvalue weighted by Crippen LogP contribution is -2.22. The van der Waals surface area contributed by atoms with Crippen molar-refractivity contribution < 1.29 is 22.7 Å². The van der Waals surface area contributed by atoms with Gasteiger partial charge in [-0.1, -0.05) is 42.5 Å². The maximum Gasteiger partial charge on any atom is 0.416 e. The van der Waals surface area contributed by atoms with Crippen molar-refractivity contribution in [2.24, 2.45) is 0 Å². The van der Waals surface area contributed by atoms with Gasteiger partial charge in [0.25, 0.3) is 5.56 Å². The number of benzene rings is 3. The summed E-state index contributed by atoms with van der Waals surface area (Å²) in [5.74, 6) is 0. The van der Waals surface area contributed by atoms with Crippen molar-refractivity contribution in [2.75, 3.05) is 5.32 Å². The first kappa shape index (κ1) is 22.1. The number of nitrogens with zero attached hydrogens (tertiary/aromatic N) is 2. The molecule has 0 saturated carbocycles. The molecule has 9 heteroatoms. The Balaban J connectivity index is 1.52. The number of alkyl halides is 3. The van der Waals surface area contributed by atoms with Crippen LogP contribution in [0, 0.1) is 0 Å². The second-order valence-electron chi connectivity index (χ2n) is 7.29. The molecule has 1 amide bonds. The van der Waals surface area contributed by atoms with Crippen LogP contribution in [0.5, 0.6) is 0 Å². The summed E-state index contributed by atoms with van der Waals surface area (Å²) in [6, 6.07) is 18.5. The normalized spacial score (nSPS) is 11.4. The standard InChI is InChI=1S/C24H18F3N3O3/c25-24(26,27)18-8-4-7-17(11-18)13-30-15-28-21-10-9-19(12-20(21)22(30)31)29-23(32)33-14-16-5-2-1-3-6-16/h1-12,15H,13-14H2,(H,29,32). The average Bonchev–Trinajstić information content (AvgIpc) is 2.80. The first-order valence-electron chi connectivity index (χ1n) is 9.93. The van der Waals surface area contributed by atoms with Gasteiger partial charge in [-0.3, -0.25) is 14.7 Å². The Hall–Kier alpha value is -4.14. The highest BCUT2D eigenvalue weighted by Crippen LogP contribution is 2.29. The van der Waals surface area contributed by atoms with Gasteiger partial charge in [0.2, 0.25) is 0 Å². The quantitative estimate of drug-likeness (QED) is 0.450.